The van der Waals surface area contributed by atoms with Crippen LogP contribution in [0.4, 0.5) is 0 Å². The first-order valence-corrected chi connectivity index (χ1v) is 12.1. The van der Waals surface area contributed by atoms with Crippen LogP contribution in [0, 0.1) is 0 Å². The number of aromatic nitrogens is 1. The van der Waals surface area contributed by atoms with E-state index in [0.717, 1.165) is 18.4 Å². The first kappa shape index (κ1) is 19.9. The second-order valence-electron chi connectivity index (χ2n) is 8.17. The van der Waals surface area contributed by atoms with Gasteiger partial charge in [0.2, 0.25) is 0 Å². The highest BCUT2D eigenvalue weighted by molar-refractivity contribution is 6.74. The molecule has 1 aromatic heterocycles. The molecule has 5 nitrogen and oxygen atoms in total. The van der Waals surface area contributed by atoms with E-state index in [1.807, 2.05) is 4.57 Å². The zero-order valence-corrected chi connectivity index (χ0v) is 17.4. The van der Waals surface area contributed by atoms with Crippen LogP contribution in [0.1, 0.15) is 66.9 Å². The molecule has 0 atom stereocenters. The van der Waals surface area contributed by atoms with Gasteiger partial charge in [-0.1, -0.05) is 20.8 Å². The molecule has 0 aromatic carbocycles. The molecule has 0 radical (unpaired) electrons. The minimum Gasteiger partial charge on any atom is -0.462 e. The van der Waals surface area contributed by atoms with Crippen LogP contribution in [0.3, 0.4) is 0 Å². The van der Waals surface area contributed by atoms with E-state index in [0.29, 0.717) is 37.4 Å². The molecule has 0 unspecified atom stereocenters. The van der Waals surface area contributed by atoms with Crippen molar-refractivity contribution in [1.29, 1.82) is 0 Å². The summed E-state index contributed by atoms with van der Waals surface area (Å²) in [5.74, 6) is -0.221. The van der Waals surface area contributed by atoms with Crippen molar-refractivity contribution in [3.63, 3.8) is 0 Å². The van der Waals surface area contributed by atoms with E-state index < -0.39 is 8.32 Å². The SMILES string of the molecule is CCOC(=O)c1cn(CCO[Si](C)(C)C(C)(C)C)c2c1CCCC2=O. The van der Waals surface area contributed by atoms with E-state index in [9.17, 15) is 9.59 Å². The molecule has 25 heavy (non-hydrogen) atoms. The number of rotatable bonds is 6. The summed E-state index contributed by atoms with van der Waals surface area (Å²) in [5.41, 5.74) is 2.06. The van der Waals surface area contributed by atoms with E-state index >= 15 is 0 Å². The van der Waals surface area contributed by atoms with Crippen LogP contribution >= 0.6 is 0 Å². The largest absolute Gasteiger partial charge is 0.462 e. The van der Waals surface area contributed by atoms with Crippen molar-refractivity contribution in [1.82, 2.24) is 4.57 Å². The molecule has 2 rings (SSSR count). The molecule has 0 saturated carbocycles. The molecule has 140 valence electrons. The molecule has 6 heteroatoms. The van der Waals surface area contributed by atoms with Crippen LogP contribution < -0.4 is 0 Å². The minimum absolute atomic E-state index is 0.115. The van der Waals surface area contributed by atoms with E-state index in [1.54, 1.807) is 13.1 Å². The quantitative estimate of drug-likeness (QED) is 0.560. The lowest BCUT2D eigenvalue weighted by Gasteiger charge is -2.36. The minimum atomic E-state index is -1.83. The Morgan fingerprint density at radius 3 is 2.56 bits per heavy atom. The van der Waals surface area contributed by atoms with Crippen molar-refractivity contribution in [3.05, 3.63) is 23.0 Å². The lowest BCUT2D eigenvalue weighted by molar-refractivity contribution is 0.0525. The number of ether oxygens (including phenoxy) is 1. The van der Waals surface area contributed by atoms with Gasteiger partial charge in [-0.3, -0.25) is 4.79 Å². The Balaban J connectivity index is 2.21. The van der Waals surface area contributed by atoms with Crippen LogP contribution in [-0.2, 0) is 22.1 Å². The highest BCUT2D eigenvalue weighted by Gasteiger charge is 2.37. The van der Waals surface area contributed by atoms with E-state index in [2.05, 4.69) is 33.9 Å². The number of ketones is 1. The van der Waals surface area contributed by atoms with E-state index in [1.165, 1.54) is 0 Å². The van der Waals surface area contributed by atoms with Gasteiger partial charge in [0.05, 0.1) is 24.5 Å². The van der Waals surface area contributed by atoms with Crippen LogP contribution in [0.5, 0.6) is 0 Å². The first-order chi connectivity index (χ1) is 11.6. The van der Waals surface area contributed by atoms with Gasteiger partial charge in [-0.25, -0.2) is 4.79 Å². The fourth-order valence-electron chi connectivity index (χ4n) is 2.90. The molecule has 1 heterocycles. The van der Waals surface area contributed by atoms with Gasteiger partial charge in [0.1, 0.15) is 0 Å². The zero-order valence-electron chi connectivity index (χ0n) is 16.4. The van der Waals surface area contributed by atoms with Gasteiger partial charge in [-0.2, -0.15) is 0 Å². The van der Waals surface area contributed by atoms with Crippen molar-refractivity contribution >= 4 is 20.1 Å². The molecule has 1 aliphatic rings. The van der Waals surface area contributed by atoms with Crippen LogP contribution in [-0.4, -0.2) is 37.9 Å². The average Bonchev–Trinajstić information content (AvgIpc) is 2.86. The Bertz CT molecular complexity index is 655. The van der Waals surface area contributed by atoms with Crippen molar-refractivity contribution < 1.29 is 18.8 Å². The molecule has 1 aliphatic carbocycles. The van der Waals surface area contributed by atoms with Crippen LogP contribution in [0.15, 0.2) is 6.20 Å². The van der Waals surface area contributed by atoms with Gasteiger partial charge >= 0.3 is 5.97 Å². The molecule has 0 aliphatic heterocycles. The average molecular weight is 366 g/mol. The van der Waals surface area contributed by atoms with Gasteiger partial charge in [0.25, 0.3) is 0 Å². The topological polar surface area (TPSA) is 57.5 Å². The Morgan fingerprint density at radius 1 is 1.28 bits per heavy atom. The molecular weight excluding hydrogens is 334 g/mol. The molecule has 0 saturated heterocycles. The van der Waals surface area contributed by atoms with Gasteiger partial charge in [-0.15, -0.1) is 0 Å². The number of carbonyl (C=O) groups is 2. The van der Waals surface area contributed by atoms with Gasteiger partial charge in [-0.05, 0) is 43.5 Å². The van der Waals surface area contributed by atoms with Crippen molar-refractivity contribution in [2.75, 3.05) is 13.2 Å². The summed E-state index contributed by atoms with van der Waals surface area (Å²) in [6, 6.07) is 0. The maximum Gasteiger partial charge on any atom is 0.339 e. The number of carbonyl (C=O) groups excluding carboxylic acids is 2. The fraction of sp³-hybridized carbons (Fsp3) is 0.684. The Labute approximate surface area is 151 Å². The van der Waals surface area contributed by atoms with Crippen LogP contribution in [0.2, 0.25) is 18.1 Å². The lowest BCUT2D eigenvalue weighted by atomic mass is 9.94. The second-order valence-corrected chi connectivity index (χ2v) is 13.0. The maximum atomic E-state index is 12.4. The molecule has 0 bridgehead atoms. The number of hydrogen-bond acceptors (Lipinski definition) is 4. The predicted molar refractivity (Wildman–Crippen MR) is 101 cm³/mol. The number of esters is 1. The summed E-state index contributed by atoms with van der Waals surface area (Å²) < 4.78 is 13.3. The molecule has 1 aromatic rings. The predicted octanol–water partition coefficient (Wildman–Crippen LogP) is 4.21. The summed E-state index contributed by atoms with van der Waals surface area (Å²) in [6.45, 7) is 14.3. The first-order valence-electron chi connectivity index (χ1n) is 9.14. The highest BCUT2D eigenvalue weighted by atomic mass is 28.4. The van der Waals surface area contributed by atoms with E-state index in [4.69, 9.17) is 9.16 Å². The number of hydrogen-bond donors (Lipinski definition) is 0. The number of nitrogens with zero attached hydrogens (tertiary/aromatic N) is 1. The molecule has 0 amide bonds. The van der Waals surface area contributed by atoms with Crippen molar-refractivity contribution in [2.45, 2.75) is 71.6 Å². The van der Waals surface area contributed by atoms with Crippen molar-refractivity contribution in [2.24, 2.45) is 0 Å². The summed E-state index contributed by atoms with van der Waals surface area (Å²) in [6.07, 6.45) is 3.87. The molecule has 0 N–H and O–H groups in total. The fourth-order valence-corrected chi connectivity index (χ4v) is 3.94. The van der Waals surface area contributed by atoms with Gasteiger partial charge in [0, 0.05) is 19.2 Å². The van der Waals surface area contributed by atoms with Crippen LogP contribution in [0.25, 0.3) is 0 Å². The molecular formula is C19H31NO4Si. The second kappa shape index (κ2) is 7.46. The normalized spacial score (nSPS) is 15.2. The van der Waals surface area contributed by atoms with Crippen molar-refractivity contribution in [3.8, 4) is 0 Å². The standard InChI is InChI=1S/C19H31NO4Si/c1-7-23-18(22)15-13-20(17-14(15)9-8-10-16(17)21)11-12-24-25(5,6)19(2,3)4/h13H,7-12H2,1-6H3. The third-order valence-corrected chi connectivity index (χ3v) is 9.91. The Morgan fingerprint density at radius 2 is 1.96 bits per heavy atom. The van der Waals surface area contributed by atoms with Gasteiger partial charge < -0.3 is 13.7 Å². The molecule has 0 spiro atoms. The molecule has 0 fully saturated rings. The van der Waals surface area contributed by atoms with E-state index in [-0.39, 0.29) is 16.8 Å². The summed E-state index contributed by atoms with van der Waals surface area (Å²) >= 11 is 0. The van der Waals surface area contributed by atoms with Gasteiger partial charge in [0.15, 0.2) is 14.1 Å². The Kier molecular flexibility index (Phi) is 5.94. The maximum absolute atomic E-state index is 12.4. The monoisotopic (exact) mass is 365 g/mol. The number of Topliss-reactive ketones (excluding diaryl/α,β-unsaturated/α-hetero) is 1. The zero-order chi connectivity index (χ0) is 18.8. The third-order valence-electron chi connectivity index (χ3n) is 5.37. The lowest BCUT2D eigenvalue weighted by Crippen LogP contribution is -2.41. The number of fused-ring (bicyclic) bond motifs is 1. The Hall–Kier alpha value is -1.40. The summed E-state index contributed by atoms with van der Waals surface area (Å²) in [5, 5.41) is 0.148. The summed E-state index contributed by atoms with van der Waals surface area (Å²) in [7, 11) is -1.83. The smallest absolute Gasteiger partial charge is 0.339 e. The third kappa shape index (κ3) is 4.23. The summed E-state index contributed by atoms with van der Waals surface area (Å²) in [4.78, 5) is 24.6. The highest BCUT2D eigenvalue weighted by Crippen LogP contribution is 2.36.